The Morgan fingerprint density at radius 2 is 2.12 bits per heavy atom. The molecule has 1 rings (SSSR count). The monoisotopic (exact) mass is 241 g/mol. The third kappa shape index (κ3) is 3.68. The van der Waals surface area contributed by atoms with Crippen molar-refractivity contribution in [2.24, 2.45) is 11.7 Å². The smallest absolute Gasteiger partial charge is 0.240 e. The highest BCUT2D eigenvalue weighted by atomic mass is 16.2. The predicted octanol–water partition coefficient (Wildman–Crippen LogP) is 0.912. The standard InChI is InChI=1S/C13H27N3O/c1-10(2)5-8-16-11(3)6-7-15(4)13(17)12(16)9-14/h10-12H,5-9,14H2,1-4H3. The molecule has 4 nitrogen and oxygen atoms in total. The van der Waals surface area contributed by atoms with Crippen LogP contribution in [0.1, 0.15) is 33.6 Å². The molecule has 1 heterocycles. The summed E-state index contributed by atoms with van der Waals surface area (Å²) in [6, 6.07) is 0.312. The number of nitrogens with zero attached hydrogens (tertiary/aromatic N) is 2. The first-order valence-electron chi connectivity index (χ1n) is 6.68. The molecule has 1 aliphatic rings. The Labute approximate surface area is 105 Å². The summed E-state index contributed by atoms with van der Waals surface area (Å²) in [5.74, 6) is 0.845. The molecule has 0 radical (unpaired) electrons. The first kappa shape index (κ1) is 14.5. The lowest BCUT2D eigenvalue weighted by Crippen LogP contribution is -2.51. The van der Waals surface area contributed by atoms with Gasteiger partial charge >= 0.3 is 0 Å². The van der Waals surface area contributed by atoms with Crippen LogP contribution in [-0.4, -0.2) is 54.5 Å². The Kier molecular flexibility index (Phi) is 5.40. The average molecular weight is 241 g/mol. The zero-order valence-electron chi connectivity index (χ0n) is 11.6. The molecule has 0 aliphatic carbocycles. The second-order valence-corrected chi connectivity index (χ2v) is 5.57. The summed E-state index contributed by atoms with van der Waals surface area (Å²) in [5, 5.41) is 0. The molecule has 0 aromatic carbocycles. The fraction of sp³-hybridized carbons (Fsp3) is 0.923. The minimum Gasteiger partial charge on any atom is -0.344 e. The van der Waals surface area contributed by atoms with Crippen LogP contribution in [0.2, 0.25) is 0 Å². The van der Waals surface area contributed by atoms with Crippen molar-refractivity contribution in [1.82, 2.24) is 9.80 Å². The molecule has 0 saturated carbocycles. The van der Waals surface area contributed by atoms with Gasteiger partial charge < -0.3 is 10.6 Å². The third-order valence-corrected chi connectivity index (χ3v) is 3.70. The molecule has 2 unspecified atom stereocenters. The first-order chi connectivity index (χ1) is 7.97. The fourth-order valence-corrected chi connectivity index (χ4v) is 2.38. The molecule has 0 aromatic heterocycles. The van der Waals surface area contributed by atoms with E-state index in [2.05, 4.69) is 25.7 Å². The first-order valence-corrected chi connectivity index (χ1v) is 6.68. The SMILES string of the molecule is CC(C)CCN1C(C)CCN(C)C(=O)C1CN. The summed E-state index contributed by atoms with van der Waals surface area (Å²) in [7, 11) is 1.88. The number of rotatable bonds is 4. The number of amides is 1. The Morgan fingerprint density at radius 3 is 2.65 bits per heavy atom. The van der Waals surface area contributed by atoms with Gasteiger partial charge in [-0.15, -0.1) is 0 Å². The topological polar surface area (TPSA) is 49.6 Å². The van der Waals surface area contributed by atoms with E-state index in [-0.39, 0.29) is 11.9 Å². The molecule has 2 N–H and O–H groups in total. The zero-order chi connectivity index (χ0) is 13.0. The van der Waals surface area contributed by atoms with Crippen LogP contribution in [0.3, 0.4) is 0 Å². The van der Waals surface area contributed by atoms with E-state index < -0.39 is 0 Å². The van der Waals surface area contributed by atoms with E-state index in [1.54, 1.807) is 0 Å². The number of carbonyl (C=O) groups is 1. The largest absolute Gasteiger partial charge is 0.344 e. The lowest BCUT2D eigenvalue weighted by atomic mass is 10.1. The van der Waals surface area contributed by atoms with E-state index in [9.17, 15) is 4.79 Å². The molecule has 100 valence electrons. The van der Waals surface area contributed by atoms with Crippen LogP contribution in [0.4, 0.5) is 0 Å². The fourth-order valence-electron chi connectivity index (χ4n) is 2.38. The van der Waals surface area contributed by atoms with Gasteiger partial charge in [-0.05, 0) is 32.2 Å². The summed E-state index contributed by atoms with van der Waals surface area (Å²) in [6.45, 7) is 8.87. The van der Waals surface area contributed by atoms with Crippen LogP contribution >= 0.6 is 0 Å². The van der Waals surface area contributed by atoms with Gasteiger partial charge in [-0.3, -0.25) is 9.69 Å². The van der Waals surface area contributed by atoms with Crippen molar-refractivity contribution in [2.45, 2.75) is 45.7 Å². The van der Waals surface area contributed by atoms with Gasteiger partial charge in [0.1, 0.15) is 6.04 Å². The summed E-state index contributed by atoms with van der Waals surface area (Å²) in [5.41, 5.74) is 5.80. The second kappa shape index (κ2) is 6.36. The molecule has 4 heteroatoms. The number of carbonyl (C=O) groups excluding carboxylic acids is 1. The van der Waals surface area contributed by atoms with E-state index >= 15 is 0 Å². The van der Waals surface area contributed by atoms with Gasteiger partial charge in [-0.25, -0.2) is 0 Å². The van der Waals surface area contributed by atoms with Crippen molar-refractivity contribution < 1.29 is 4.79 Å². The van der Waals surface area contributed by atoms with Crippen molar-refractivity contribution in [1.29, 1.82) is 0 Å². The van der Waals surface area contributed by atoms with Crippen LogP contribution in [-0.2, 0) is 4.79 Å². The Bertz CT molecular complexity index is 255. The number of hydrogen-bond acceptors (Lipinski definition) is 3. The maximum absolute atomic E-state index is 12.2. The lowest BCUT2D eigenvalue weighted by molar-refractivity contribution is -0.134. The molecular weight excluding hydrogens is 214 g/mol. The number of likely N-dealkylation sites (N-methyl/N-ethyl adjacent to an activating group) is 1. The molecule has 0 aromatic rings. The third-order valence-electron chi connectivity index (χ3n) is 3.70. The van der Waals surface area contributed by atoms with E-state index in [4.69, 9.17) is 5.73 Å². The van der Waals surface area contributed by atoms with Gasteiger partial charge in [-0.2, -0.15) is 0 Å². The maximum Gasteiger partial charge on any atom is 0.240 e. The number of nitrogens with two attached hydrogens (primary N) is 1. The summed E-state index contributed by atoms with van der Waals surface area (Å²) >= 11 is 0. The van der Waals surface area contributed by atoms with E-state index in [1.807, 2.05) is 11.9 Å². The Hall–Kier alpha value is -0.610. The van der Waals surface area contributed by atoms with Crippen LogP contribution in [0.15, 0.2) is 0 Å². The average Bonchev–Trinajstić information content (AvgIpc) is 2.38. The Morgan fingerprint density at radius 1 is 1.47 bits per heavy atom. The van der Waals surface area contributed by atoms with Crippen molar-refractivity contribution in [3.63, 3.8) is 0 Å². The van der Waals surface area contributed by atoms with Gasteiger partial charge in [0.15, 0.2) is 0 Å². The zero-order valence-corrected chi connectivity index (χ0v) is 11.6. The minimum absolute atomic E-state index is 0.128. The van der Waals surface area contributed by atoms with Gasteiger partial charge in [0, 0.05) is 26.2 Å². The van der Waals surface area contributed by atoms with Gasteiger partial charge in [-0.1, -0.05) is 13.8 Å². The van der Waals surface area contributed by atoms with Gasteiger partial charge in [0.05, 0.1) is 0 Å². The van der Waals surface area contributed by atoms with Crippen LogP contribution in [0.25, 0.3) is 0 Å². The molecule has 1 amide bonds. The molecule has 17 heavy (non-hydrogen) atoms. The van der Waals surface area contributed by atoms with E-state index in [1.165, 1.54) is 0 Å². The minimum atomic E-state index is -0.128. The van der Waals surface area contributed by atoms with E-state index in [0.29, 0.717) is 18.5 Å². The molecular formula is C13H27N3O. The van der Waals surface area contributed by atoms with E-state index in [0.717, 1.165) is 25.9 Å². The highest BCUT2D eigenvalue weighted by molar-refractivity contribution is 5.82. The molecule has 2 atom stereocenters. The molecule has 0 spiro atoms. The summed E-state index contributed by atoms with van der Waals surface area (Å²) in [4.78, 5) is 16.3. The summed E-state index contributed by atoms with van der Waals surface area (Å²) in [6.07, 6.45) is 2.16. The van der Waals surface area contributed by atoms with Crippen LogP contribution in [0, 0.1) is 5.92 Å². The van der Waals surface area contributed by atoms with Crippen molar-refractivity contribution in [3.05, 3.63) is 0 Å². The highest BCUT2D eigenvalue weighted by Crippen LogP contribution is 2.17. The van der Waals surface area contributed by atoms with Crippen molar-refractivity contribution in [3.8, 4) is 0 Å². The molecule has 1 aliphatic heterocycles. The van der Waals surface area contributed by atoms with Gasteiger partial charge in [0.25, 0.3) is 0 Å². The second-order valence-electron chi connectivity index (χ2n) is 5.57. The van der Waals surface area contributed by atoms with Crippen molar-refractivity contribution in [2.75, 3.05) is 26.7 Å². The molecule has 1 fully saturated rings. The predicted molar refractivity (Wildman–Crippen MR) is 70.7 cm³/mol. The maximum atomic E-state index is 12.2. The summed E-state index contributed by atoms with van der Waals surface area (Å²) < 4.78 is 0. The highest BCUT2D eigenvalue weighted by Gasteiger charge is 2.33. The molecule has 0 bridgehead atoms. The van der Waals surface area contributed by atoms with Crippen molar-refractivity contribution >= 4 is 5.91 Å². The Balaban J connectivity index is 2.76. The van der Waals surface area contributed by atoms with Gasteiger partial charge in [0.2, 0.25) is 5.91 Å². The normalized spacial score (nSPS) is 27.6. The van der Waals surface area contributed by atoms with Crippen LogP contribution < -0.4 is 5.73 Å². The number of hydrogen-bond donors (Lipinski definition) is 1. The molecule has 1 saturated heterocycles. The lowest BCUT2D eigenvalue weighted by Gasteiger charge is -2.33. The quantitative estimate of drug-likeness (QED) is 0.796. The van der Waals surface area contributed by atoms with Crippen LogP contribution in [0.5, 0.6) is 0 Å².